The highest BCUT2D eigenvalue weighted by atomic mass is 19.4. The van der Waals surface area contributed by atoms with Crippen molar-refractivity contribution in [3.8, 4) is 5.69 Å². The number of nitrogens with one attached hydrogen (secondary N) is 1. The van der Waals surface area contributed by atoms with Gasteiger partial charge in [0.25, 0.3) is 5.91 Å². The summed E-state index contributed by atoms with van der Waals surface area (Å²) in [4.78, 5) is 16.1. The summed E-state index contributed by atoms with van der Waals surface area (Å²) < 4.78 is 121. The van der Waals surface area contributed by atoms with Crippen molar-refractivity contribution in [2.45, 2.75) is 25.1 Å². The highest BCUT2D eigenvalue weighted by Gasteiger charge is 2.39. The second kappa shape index (κ2) is 9.35. The Morgan fingerprint density at radius 2 is 1.47 bits per heavy atom. The summed E-state index contributed by atoms with van der Waals surface area (Å²) in [5.41, 5.74) is -4.33. The first kappa shape index (κ1) is 27.0. The van der Waals surface area contributed by atoms with E-state index in [1.54, 1.807) is 0 Å². The molecule has 38 heavy (non-hydrogen) atoms. The molecule has 4 aromatic rings. The summed E-state index contributed by atoms with van der Waals surface area (Å²) in [7, 11) is 0. The summed E-state index contributed by atoms with van der Waals surface area (Å²) in [6.45, 7) is -0.430. The molecule has 14 heteroatoms. The average Bonchev–Trinajstić information content (AvgIpc) is 3.22. The molecule has 200 valence electrons. The standard InChI is InChI=1S/C24H14F9N3O2/c25-22(26,27)13-2-7-17(23(28,29)30)16(10-13)20(38)34-14-3-5-15(6-4-14)36-19-8-1-12(11-37)9-18(19)35-21(36)24(31,32)33/h1-10,37H,11H2,(H,34,38). The van der Waals surface area contributed by atoms with Crippen LogP contribution in [0.2, 0.25) is 0 Å². The van der Waals surface area contributed by atoms with Gasteiger partial charge in [0.1, 0.15) is 0 Å². The monoisotopic (exact) mass is 547 g/mol. The lowest BCUT2D eigenvalue weighted by atomic mass is 10.0. The van der Waals surface area contributed by atoms with Crippen molar-refractivity contribution in [2.24, 2.45) is 0 Å². The van der Waals surface area contributed by atoms with E-state index < -0.39 is 53.6 Å². The Bertz CT molecular complexity index is 1500. The molecular formula is C24H14F9N3O2. The van der Waals surface area contributed by atoms with Crippen LogP contribution in [0.1, 0.15) is 32.9 Å². The van der Waals surface area contributed by atoms with E-state index in [-0.39, 0.29) is 40.6 Å². The number of anilines is 1. The largest absolute Gasteiger partial charge is 0.450 e. The first-order chi connectivity index (χ1) is 17.6. The van der Waals surface area contributed by atoms with Crippen LogP contribution >= 0.6 is 0 Å². The second-order valence-electron chi connectivity index (χ2n) is 8.01. The Morgan fingerprint density at radius 3 is 2.03 bits per heavy atom. The maximum absolute atomic E-state index is 13.7. The zero-order chi connectivity index (χ0) is 28.0. The number of aliphatic hydroxyl groups is 1. The minimum Gasteiger partial charge on any atom is -0.392 e. The smallest absolute Gasteiger partial charge is 0.392 e. The van der Waals surface area contributed by atoms with Gasteiger partial charge >= 0.3 is 18.5 Å². The number of carbonyl (C=O) groups excluding carboxylic acids is 1. The maximum atomic E-state index is 13.7. The zero-order valence-corrected chi connectivity index (χ0v) is 18.6. The molecule has 4 rings (SSSR count). The molecule has 1 heterocycles. The molecule has 0 saturated carbocycles. The minimum absolute atomic E-state index is 0.0325. The normalized spacial score (nSPS) is 12.7. The fourth-order valence-electron chi connectivity index (χ4n) is 3.72. The number of aliphatic hydroxyl groups excluding tert-OH is 1. The van der Waals surface area contributed by atoms with Crippen molar-refractivity contribution in [1.29, 1.82) is 0 Å². The third-order valence-electron chi connectivity index (χ3n) is 5.44. The van der Waals surface area contributed by atoms with E-state index in [4.69, 9.17) is 0 Å². The van der Waals surface area contributed by atoms with Crippen molar-refractivity contribution < 1.29 is 49.4 Å². The molecule has 0 aliphatic heterocycles. The van der Waals surface area contributed by atoms with E-state index in [0.717, 1.165) is 28.8 Å². The number of imidazole rings is 1. The molecule has 1 aromatic heterocycles. The molecule has 0 atom stereocenters. The van der Waals surface area contributed by atoms with E-state index in [1.807, 2.05) is 5.32 Å². The van der Waals surface area contributed by atoms with Crippen molar-refractivity contribution in [1.82, 2.24) is 9.55 Å². The van der Waals surface area contributed by atoms with Crippen LogP contribution in [0.15, 0.2) is 60.7 Å². The first-order valence-electron chi connectivity index (χ1n) is 10.5. The summed E-state index contributed by atoms with van der Waals surface area (Å²) in [5, 5.41) is 11.3. The Hall–Kier alpha value is -4.07. The molecule has 2 N–H and O–H groups in total. The van der Waals surface area contributed by atoms with Gasteiger partial charge in [0, 0.05) is 11.4 Å². The van der Waals surface area contributed by atoms with Crippen LogP contribution in [-0.4, -0.2) is 20.6 Å². The van der Waals surface area contributed by atoms with Gasteiger partial charge in [-0.3, -0.25) is 9.36 Å². The zero-order valence-electron chi connectivity index (χ0n) is 18.6. The van der Waals surface area contributed by atoms with E-state index in [0.29, 0.717) is 5.56 Å². The minimum atomic E-state index is -5.13. The molecule has 0 bridgehead atoms. The topological polar surface area (TPSA) is 67.2 Å². The van der Waals surface area contributed by atoms with Crippen LogP contribution < -0.4 is 5.32 Å². The first-order valence-corrected chi connectivity index (χ1v) is 10.5. The number of fused-ring (bicyclic) bond motifs is 1. The lowest BCUT2D eigenvalue weighted by Gasteiger charge is -2.16. The summed E-state index contributed by atoms with van der Waals surface area (Å²) in [6.07, 6.45) is -15.0. The van der Waals surface area contributed by atoms with Gasteiger partial charge in [0.05, 0.1) is 34.3 Å². The predicted octanol–water partition coefficient (Wildman–Crippen LogP) is 6.83. The van der Waals surface area contributed by atoms with E-state index in [1.165, 1.54) is 18.2 Å². The van der Waals surface area contributed by atoms with Gasteiger partial charge in [0.2, 0.25) is 5.82 Å². The van der Waals surface area contributed by atoms with Crippen LogP contribution in [-0.2, 0) is 25.1 Å². The molecule has 0 spiro atoms. The number of amides is 1. The van der Waals surface area contributed by atoms with Gasteiger partial charge in [-0.1, -0.05) is 6.07 Å². The van der Waals surface area contributed by atoms with Gasteiger partial charge in [-0.15, -0.1) is 0 Å². The van der Waals surface area contributed by atoms with Crippen molar-refractivity contribution in [2.75, 3.05) is 5.32 Å². The molecule has 0 aliphatic carbocycles. The second-order valence-corrected chi connectivity index (χ2v) is 8.01. The Balaban J connectivity index is 1.70. The number of hydrogen-bond acceptors (Lipinski definition) is 3. The molecule has 1 amide bonds. The molecule has 3 aromatic carbocycles. The van der Waals surface area contributed by atoms with Crippen molar-refractivity contribution in [3.63, 3.8) is 0 Å². The van der Waals surface area contributed by atoms with Crippen LogP contribution in [0, 0.1) is 0 Å². The number of carbonyl (C=O) groups is 1. The quantitative estimate of drug-likeness (QED) is 0.276. The van der Waals surface area contributed by atoms with Crippen molar-refractivity contribution >= 4 is 22.6 Å². The third-order valence-corrected chi connectivity index (χ3v) is 5.44. The maximum Gasteiger partial charge on any atom is 0.450 e. The lowest BCUT2D eigenvalue weighted by molar-refractivity contribution is -0.145. The highest BCUT2D eigenvalue weighted by molar-refractivity contribution is 6.05. The number of benzene rings is 3. The SMILES string of the molecule is O=C(Nc1ccc(-n2c(C(F)(F)F)nc3cc(CO)ccc32)cc1)c1cc(C(F)(F)F)ccc1C(F)(F)F. The number of nitrogens with zero attached hydrogens (tertiary/aromatic N) is 2. The van der Waals surface area contributed by atoms with E-state index in [2.05, 4.69) is 4.98 Å². The number of alkyl halides is 9. The molecule has 0 aliphatic rings. The molecule has 0 unspecified atom stereocenters. The van der Waals surface area contributed by atoms with Crippen LogP contribution in [0.4, 0.5) is 45.2 Å². The van der Waals surface area contributed by atoms with E-state index in [9.17, 15) is 49.4 Å². The average molecular weight is 547 g/mol. The molecule has 5 nitrogen and oxygen atoms in total. The fourth-order valence-corrected chi connectivity index (χ4v) is 3.72. The van der Waals surface area contributed by atoms with Gasteiger partial charge in [-0.25, -0.2) is 4.98 Å². The molecule has 0 saturated heterocycles. The Kier molecular flexibility index (Phi) is 6.64. The lowest BCUT2D eigenvalue weighted by Crippen LogP contribution is -2.20. The van der Waals surface area contributed by atoms with Crippen LogP contribution in [0.3, 0.4) is 0 Å². The summed E-state index contributed by atoms with van der Waals surface area (Å²) in [6, 6.07) is 8.75. The van der Waals surface area contributed by atoms with Gasteiger partial charge in [0.15, 0.2) is 0 Å². The van der Waals surface area contributed by atoms with Crippen LogP contribution in [0.5, 0.6) is 0 Å². The fraction of sp³-hybridized carbons (Fsp3) is 0.167. The molecular weight excluding hydrogens is 533 g/mol. The number of halogens is 9. The number of aromatic nitrogens is 2. The molecule has 0 radical (unpaired) electrons. The highest BCUT2D eigenvalue weighted by Crippen LogP contribution is 2.37. The number of rotatable bonds is 4. The Morgan fingerprint density at radius 1 is 0.816 bits per heavy atom. The summed E-state index contributed by atoms with van der Waals surface area (Å²) >= 11 is 0. The predicted molar refractivity (Wildman–Crippen MR) is 116 cm³/mol. The third kappa shape index (κ3) is 5.30. The molecule has 0 fully saturated rings. The van der Waals surface area contributed by atoms with Gasteiger partial charge in [-0.05, 0) is 60.2 Å². The van der Waals surface area contributed by atoms with E-state index >= 15 is 0 Å². The van der Waals surface area contributed by atoms with Crippen LogP contribution in [0.25, 0.3) is 16.7 Å². The Labute approximate surface area is 207 Å². The summed E-state index contributed by atoms with van der Waals surface area (Å²) in [5.74, 6) is -2.80. The van der Waals surface area contributed by atoms with Crippen molar-refractivity contribution in [3.05, 3.63) is 88.7 Å². The number of hydrogen-bond donors (Lipinski definition) is 2. The van der Waals surface area contributed by atoms with Gasteiger partial charge in [-0.2, -0.15) is 39.5 Å². The van der Waals surface area contributed by atoms with Gasteiger partial charge < -0.3 is 10.4 Å².